The number of piperidine rings is 1. The third-order valence-corrected chi connectivity index (χ3v) is 5.32. The van der Waals surface area contributed by atoms with Crippen molar-refractivity contribution in [3.63, 3.8) is 0 Å². The second-order valence-corrected chi connectivity index (χ2v) is 7.02. The summed E-state index contributed by atoms with van der Waals surface area (Å²) in [6.45, 7) is 1.01. The van der Waals surface area contributed by atoms with Crippen molar-refractivity contribution < 1.29 is 18.0 Å². The highest BCUT2D eigenvalue weighted by atomic mass is 19.4. The Morgan fingerprint density at radius 3 is 2.46 bits per heavy atom. The zero-order valence-electron chi connectivity index (χ0n) is 15.1. The normalized spacial score (nSPS) is 15.8. The number of benzene rings is 2. The molecule has 1 aliphatic rings. The number of carbonyl (C=O) groups excluding carboxylic acids is 1. The molecule has 0 unspecified atom stereocenters. The van der Waals surface area contributed by atoms with Crippen molar-refractivity contribution >= 4 is 22.6 Å². The number of carbonyl (C=O) groups is 1. The van der Waals surface area contributed by atoms with Gasteiger partial charge in [0.15, 0.2) is 0 Å². The Hall–Kier alpha value is -2.96. The van der Waals surface area contributed by atoms with Gasteiger partial charge in [-0.1, -0.05) is 30.3 Å². The van der Waals surface area contributed by atoms with Crippen LogP contribution < -0.4 is 5.32 Å². The molecule has 2 N–H and O–H groups in total. The van der Waals surface area contributed by atoms with Crippen LogP contribution in [0.4, 0.5) is 23.7 Å². The average molecular weight is 387 g/mol. The summed E-state index contributed by atoms with van der Waals surface area (Å²) in [7, 11) is 0. The molecule has 1 aromatic heterocycles. The molecule has 1 saturated heterocycles. The second-order valence-electron chi connectivity index (χ2n) is 7.02. The van der Waals surface area contributed by atoms with E-state index in [1.807, 2.05) is 24.4 Å². The number of hydrogen-bond donors (Lipinski definition) is 2. The molecule has 2 heterocycles. The molecule has 4 rings (SSSR count). The number of hydrogen-bond acceptors (Lipinski definition) is 1. The summed E-state index contributed by atoms with van der Waals surface area (Å²) in [6, 6.07) is 12.6. The lowest BCUT2D eigenvalue weighted by molar-refractivity contribution is -0.136. The molecular weight excluding hydrogens is 367 g/mol. The Morgan fingerprint density at radius 2 is 1.71 bits per heavy atom. The topological polar surface area (TPSA) is 48.1 Å². The lowest BCUT2D eigenvalue weighted by Crippen LogP contribution is -2.40. The van der Waals surface area contributed by atoms with Crippen molar-refractivity contribution in [3.05, 3.63) is 65.9 Å². The van der Waals surface area contributed by atoms with Crippen LogP contribution in [0.1, 0.15) is 29.9 Å². The van der Waals surface area contributed by atoms with E-state index in [1.165, 1.54) is 29.1 Å². The molecule has 0 atom stereocenters. The van der Waals surface area contributed by atoms with Gasteiger partial charge in [-0.3, -0.25) is 0 Å². The number of nitrogens with zero attached hydrogens (tertiary/aromatic N) is 1. The zero-order chi connectivity index (χ0) is 19.7. The van der Waals surface area contributed by atoms with Gasteiger partial charge in [-0.15, -0.1) is 0 Å². The van der Waals surface area contributed by atoms with Gasteiger partial charge in [0.25, 0.3) is 0 Å². The molecule has 4 nitrogen and oxygen atoms in total. The number of aromatic amines is 1. The summed E-state index contributed by atoms with van der Waals surface area (Å²) < 4.78 is 39.3. The number of anilines is 1. The number of aromatic nitrogens is 1. The smallest absolute Gasteiger partial charge is 0.361 e. The molecular formula is C21H20F3N3O. The number of rotatable bonds is 2. The highest BCUT2D eigenvalue weighted by Crippen LogP contribution is 2.36. The number of urea groups is 1. The molecule has 28 heavy (non-hydrogen) atoms. The Morgan fingerprint density at radius 1 is 1.04 bits per heavy atom. The van der Waals surface area contributed by atoms with E-state index in [9.17, 15) is 18.0 Å². The maximum Gasteiger partial charge on any atom is 0.418 e. The predicted octanol–water partition coefficient (Wildman–Crippen LogP) is 5.60. The van der Waals surface area contributed by atoms with Crippen LogP contribution in [-0.4, -0.2) is 29.0 Å². The number of para-hydroxylation sites is 2. The van der Waals surface area contributed by atoms with Crippen molar-refractivity contribution in [2.45, 2.75) is 24.9 Å². The number of amides is 2. The first-order chi connectivity index (χ1) is 13.4. The molecule has 2 amide bonds. The summed E-state index contributed by atoms with van der Waals surface area (Å²) >= 11 is 0. The fourth-order valence-corrected chi connectivity index (χ4v) is 3.86. The van der Waals surface area contributed by atoms with Gasteiger partial charge >= 0.3 is 12.2 Å². The molecule has 0 radical (unpaired) electrons. The lowest BCUT2D eigenvalue weighted by atomic mass is 9.89. The number of likely N-dealkylation sites (tertiary alicyclic amines) is 1. The van der Waals surface area contributed by atoms with Gasteiger partial charge < -0.3 is 15.2 Å². The van der Waals surface area contributed by atoms with Crippen LogP contribution in [0.3, 0.4) is 0 Å². The largest absolute Gasteiger partial charge is 0.418 e. The van der Waals surface area contributed by atoms with Gasteiger partial charge in [0.05, 0.1) is 11.3 Å². The van der Waals surface area contributed by atoms with Crippen molar-refractivity contribution in [1.82, 2.24) is 9.88 Å². The second kappa shape index (κ2) is 7.22. The maximum atomic E-state index is 13.1. The Labute approximate surface area is 160 Å². The minimum atomic E-state index is -4.51. The zero-order valence-corrected chi connectivity index (χ0v) is 15.1. The van der Waals surface area contributed by atoms with E-state index < -0.39 is 17.8 Å². The fraction of sp³-hybridized carbons (Fsp3) is 0.286. The molecule has 0 saturated carbocycles. The first kappa shape index (κ1) is 18.4. The number of H-pyrrole nitrogens is 1. The van der Waals surface area contributed by atoms with Gasteiger partial charge in [0.1, 0.15) is 0 Å². The molecule has 0 aliphatic carbocycles. The number of halogens is 3. The van der Waals surface area contributed by atoms with E-state index in [0.717, 1.165) is 24.4 Å². The highest BCUT2D eigenvalue weighted by molar-refractivity contribution is 5.90. The Balaban J connectivity index is 1.42. The Kier molecular flexibility index (Phi) is 4.75. The summed E-state index contributed by atoms with van der Waals surface area (Å²) in [4.78, 5) is 17.3. The molecule has 0 bridgehead atoms. The molecule has 3 aromatic rings. The van der Waals surface area contributed by atoms with Crippen LogP contribution in [0.2, 0.25) is 0 Å². The fourth-order valence-electron chi connectivity index (χ4n) is 3.86. The predicted molar refractivity (Wildman–Crippen MR) is 102 cm³/mol. The van der Waals surface area contributed by atoms with Crippen molar-refractivity contribution in [1.29, 1.82) is 0 Å². The van der Waals surface area contributed by atoms with Crippen LogP contribution in [-0.2, 0) is 6.18 Å². The molecule has 1 fully saturated rings. The van der Waals surface area contributed by atoms with Crippen LogP contribution in [0.5, 0.6) is 0 Å². The van der Waals surface area contributed by atoms with Crippen LogP contribution in [0.15, 0.2) is 54.7 Å². The molecule has 7 heteroatoms. The standard InChI is InChI=1S/C21H20F3N3O/c22-21(23,24)17-6-2-4-8-19(17)26-20(28)27-11-9-14(10-12-27)16-13-25-18-7-3-1-5-15(16)18/h1-8,13-14,25H,9-12H2,(H,26,28). The van der Waals surface area contributed by atoms with Crippen molar-refractivity contribution in [2.24, 2.45) is 0 Å². The first-order valence-corrected chi connectivity index (χ1v) is 9.21. The van der Waals surface area contributed by atoms with Gasteiger partial charge in [-0.25, -0.2) is 4.79 Å². The van der Waals surface area contributed by atoms with E-state index in [4.69, 9.17) is 0 Å². The number of fused-ring (bicyclic) bond motifs is 1. The quantitative estimate of drug-likeness (QED) is 0.591. The minimum absolute atomic E-state index is 0.209. The number of alkyl halides is 3. The van der Waals surface area contributed by atoms with Crippen molar-refractivity contribution in [2.75, 3.05) is 18.4 Å². The van der Waals surface area contributed by atoms with E-state index in [2.05, 4.69) is 16.4 Å². The Bertz CT molecular complexity index is 988. The molecule has 146 valence electrons. The monoisotopic (exact) mass is 387 g/mol. The third-order valence-electron chi connectivity index (χ3n) is 5.32. The molecule has 2 aromatic carbocycles. The van der Waals surface area contributed by atoms with Crippen LogP contribution in [0.25, 0.3) is 10.9 Å². The molecule has 0 spiro atoms. The average Bonchev–Trinajstić information content (AvgIpc) is 3.12. The van der Waals surface area contributed by atoms with Crippen LogP contribution >= 0.6 is 0 Å². The first-order valence-electron chi connectivity index (χ1n) is 9.21. The summed E-state index contributed by atoms with van der Waals surface area (Å²) in [5.74, 6) is 0.322. The van der Waals surface area contributed by atoms with Gasteiger partial charge in [-0.2, -0.15) is 13.2 Å². The summed E-state index contributed by atoms with van der Waals surface area (Å²) in [5, 5.41) is 3.61. The van der Waals surface area contributed by atoms with E-state index >= 15 is 0 Å². The van der Waals surface area contributed by atoms with E-state index in [1.54, 1.807) is 4.90 Å². The van der Waals surface area contributed by atoms with E-state index in [-0.39, 0.29) is 5.69 Å². The van der Waals surface area contributed by atoms with Crippen LogP contribution in [0, 0.1) is 0 Å². The maximum absolute atomic E-state index is 13.1. The summed E-state index contributed by atoms with van der Waals surface area (Å²) in [5.41, 5.74) is 1.27. The van der Waals surface area contributed by atoms with Gasteiger partial charge in [-0.05, 0) is 42.5 Å². The van der Waals surface area contributed by atoms with Crippen molar-refractivity contribution in [3.8, 4) is 0 Å². The number of nitrogens with one attached hydrogen (secondary N) is 2. The minimum Gasteiger partial charge on any atom is -0.361 e. The summed E-state index contributed by atoms with van der Waals surface area (Å²) in [6.07, 6.45) is -0.941. The highest BCUT2D eigenvalue weighted by Gasteiger charge is 2.34. The van der Waals surface area contributed by atoms with Gasteiger partial charge in [0.2, 0.25) is 0 Å². The van der Waals surface area contributed by atoms with E-state index in [0.29, 0.717) is 19.0 Å². The van der Waals surface area contributed by atoms with Gasteiger partial charge in [0, 0.05) is 30.2 Å². The third kappa shape index (κ3) is 3.56. The molecule has 1 aliphatic heterocycles. The lowest BCUT2D eigenvalue weighted by Gasteiger charge is -2.32. The SMILES string of the molecule is O=C(Nc1ccccc1C(F)(F)F)N1CCC(c2c[nH]c3ccccc23)CC1.